The summed E-state index contributed by atoms with van der Waals surface area (Å²) >= 11 is 0. The lowest BCUT2D eigenvalue weighted by atomic mass is 10.2. The molecule has 0 saturated heterocycles. The number of nitrogens with zero attached hydrogens (tertiary/aromatic N) is 1. The highest BCUT2D eigenvalue weighted by molar-refractivity contribution is 5.93. The summed E-state index contributed by atoms with van der Waals surface area (Å²) in [6, 6.07) is 9.13. The van der Waals surface area contributed by atoms with Crippen LogP contribution in [0, 0.1) is 0 Å². The molecule has 0 radical (unpaired) electrons. The normalized spacial score (nSPS) is 10.1. The summed E-state index contributed by atoms with van der Waals surface area (Å²) in [5, 5.41) is 6.10. The molecule has 128 valence electrons. The molecule has 2 N–H and O–H groups in total. The van der Waals surface area contributed by atoms with Gasteiger partial charge in [0.25, 0.3) is 5.91 Å². The first-order valence-electron chi connectivity index (χ1n) is 7.87. The number of carbonyl (C=O) groups excluding carboxylic acids is 1. The Bertz CT molecular complexity index is 689. The fourth-order valence-electron chi connectivity index (χ4n) is 2.20. The van der Waals surface area contributed by atoms with Crippen molar-refractivity contribution >= 4 is 11.6 Å². The van der Waals surface area contributed by atoms with Crippen LogP contribution in [0.4, 0.5) is 5.69 Å². The molecule has 0 aliphatic heterocycles. The maximum atomic E-state index is 12.3. The van der Waals surface area contributed by atoms with Crippen LogP contribution >= 0.6 is 0 Å². The van der Waals surface area contributed by atoms with Crippen LogP contribution in [0.2, 0.25) is 0 Å². The molecule has 0 saturated carbocycles. The van der Waals surface area contributed by atoms with Gasteiger partial charge in [0.2, 0.25) is 0 Å². The van der Waals surface area contributed by atoms with Crippen LogP contribution in [-0.4, -0.2) is 31.7 Å². The summed E-state index contributed by atoms with van der Waals surface area (Å²) in [6.45, 7) is 3.33. The van der Waals surface area contributed by atoms with Gasteiger partial charge in [0.1, 0.15) is 5.69 Å². The van der Waals surface area contributed by atoms with Gasteiger partial charge in [-0.15, -0.1) is 0 Å². The summed E-state index contributed by atoms with van der Waals surface area (Å²) in [4.78, 5) is 16.4. The highest BCUT2D eigenvalue weighted by Crippen LogP contribution is 2.27. The lowest BCUT2D eigenvalue weighted by Gasteiger charge is -2.11. The number of pyridine rings is 1. The number of ether oxygens (including phenoxy) is 2. The van der Waals surface area contributed by atoms with E-state index in [0.717, 1.165) is 24.2 Å². The molecule has 2 aromatic rings. The molecule has 1 aromatic heterocycles. The number of benzene rings is 1. The van der Waals surface area contributed by atoms with Crippen molar-refractivity contribution < 1.29 is 14.3 Å². The van der Waals surface area contributed by atoms with Crippen molar-refractivity contribution in [3.8, 4) is 11.5 Å². The molecule has 6 heteroatoms. The Balaban J connectivity index is 2.00. The average Bonchev–Trinajstić information content (AvgIpc) is 2.64. The second-order valence-corrected chi connectivity index (χ2v) is 5.23. The molecule has 0 spiro atoms. The molecule has 1 aromatic carbocycles. The Kier molecular flexibility index (Phi) is 6.42. The number of nitrogens with one attached hydrogen (secondary N) is 2. The Morgan fingerprint density at radius 3 is 2.62 bits per heavy atom. The van der Waals surface area contributed by atoms with Crippen molar-refractivity contribution in [2.75, 3.05) is 26.1 Å². The Labute approximate surface area is 142 Å². The van der Waals surface area contributed by atoms with Crippen molar-refractivity contribution in [1.82, 2.24) is 10.3 Å². The third-order valence-electron chi connectivity index (χ3n) is 3.47. The molecule has 0 aliphatic rings. The predicted molar refractivity (Wildman–Crippen MR) is 93.7 cm³/mol. The highest BCUT2D eigenvalue weighted by atomic mass is 16.5. The molecule has 1 heterocycles. The van der Waals surface area contributed by atoms with Gasteiger partial charge in [0.05, 0.1) is 14.2 Å². The molecule has 24 heavy (non-hydrogen) atoms. The average molecular weight is 329 g/mol. The van der Waals surface area contributed by atoms with E-state index in [9.17, 15) is 4.79 Å². The minimum atomic E-state index is -0.218. The van der Waals surface area contributed by atoms with E-state index in [4.69, 9.17) is 9.47 Å². The number of rotatable bonds is 8. The number of carbonyl (C=O) groups is 1. The first kappa shape index (κ1) is 17.6. The Morgan fingerprint density at radius 1 is 1.12 bits per heavy atom. The molecule has 2 rings (SSSR count). The Morgan fingerprint density at radius 2 is 1.92 bits per heavy atom. The number of hydrogen-bond acceptors (Lipinski definition) is 5. The molecular formula is C18H23N3O3. The first-order chi connectivity index (χ1) is 11.7. The fraction of sp³-hybridized carbons (Fsp3) is 0.333. The van der Waals surface area contributed by atoms with E-state index < -0.39 is 0 Å². The standard InChI is InChI=1S/C18H23N3O3/c1-4-8-19-14-7-9-20-15(11-14)18(22)21-12-13-5-6-16(23-2)17(10-13)24-3/h5-7,9-11H,4,8,12H2,1-3H3,(H,19,20)(H,21,22). The van der Waals surface area contributed by atoms with Gasteiger partial charge < -0.3 is 20.1 Å². The molecular weight excluding hydrogens is 306 g/mol. The van der Waals surface area contributed by atoms with Crippen molar-refractivity contribution in [2.45, 2.75) is 19.9 Å². The maximum absolute atomic E-state index is 12.3. The zero-order valence-electron chi connectivity index (χ0n) is 14.3. The van der Waals surface area contributed by atoms with E-state index in [1.54, 1.807) is 26.5 Å². The van der Waals surface area contributed by atoms with E-state index in [1.807, 2.05) is 24.3 Å². The number of amides is 1. The minimum absolute atomic E-state index is 0.218. The molecule has 0 fully saturated rings. The maximum Gasteiger partial charge on any atom is 0.270 e. The second kappa shape index (κ2) is 8.76. The van der Waals surface area contributed by atoms with Gasteiger partial charge in [0.15, 0.2) is 11.5 Å². The quantitative estimate of drug-likeness (QED) is 0.779. The van der Waals surface area contributed by atoms with Crippen LogP contribution in [0.5, 0.6) is 11.5 Å². The second-order valence-electron chi connectivity index (χ2n) is 5.23. The topological polar surface area (TPSA) is 72.5 Å². The molecule has 6 nitrogen and oxygen atoms in total. The van der Waals surface area contributed by atoms with Crippen LogP contribution in [0.25, 0.3) is 0 Å². The van der Waals surface area contributed by atoms with Gasteiger partial charge in [-0.2, -0.15) is 0 Å². The number of hydrogen-bond donors (Lipinski definition) is 2. The molecule has 0 atom stereocenters. The number of aromatic nitrogens is 1. The van der Waals surface area contributed by atoms with Crippen molar-refractivity contribution in [1.29, 1.82) is 0 Å². The molecule has 0 aliphatic carbocycles. The zero-order valence-corrected chi connectivity index (χ0v) is 14.3. The lowest BCUT2D eigenvalue weighted by Crippen LogP contribution is -2.24. The van der Waals surface area contributed by atoms with Crippen LogP contribution in [0.15, 0.2) is 36.5 Å². The SMILES string of the molecule is CCCNc1ccnc(C(=O)NCc2ccc(OC)c(OC)c2)c1. The van der Waals surface area contributed by atoms with Crippen LogP contribution in [-0.2, 0) is 6.54 Å². The number of methoxy groups -OCH3 is 2. The molecule has 0 bridgehead atoms. The third kappa shape index (κ3) is 4.62. The monoisotopic (exact) mass is 329 g/mol. The lowest BCUT2D eigenvalue weighted by molar-refractivity contribution is 0.0946. The van der Waals surface area contributed by atoms with Gasteiger partial charge in [0, 0.05) is 25.0 Å². The Hall–Kier alpha value is -2.76. The van der Waals surface area contributed by atoms with Crippen molar-refractivity contribution in [3.05, 3.63) is 47.8 Å². The van der Waals surface area contributed by atoms with Gasteiger partial charge in [-0.05, 0) is 36.2 Å². The van der Waals surface area contributed by atoms with Crippen molar-refractivity contribution in [2.24, 2.45) is 0 Å². The van der Waals surface area contributed by atoms with Gasteiger partial charge in [-0.3, -0.25) is 9.78 Å². The summed E-state index contributed by atoms with van der Waals surface area (Å²) in [5.41, 5.74) is 2.20. The third-order valence-corrected chi connectivity index (χ3v) is 3.47. The first-order valence-corrected chi connectivity index (χ1v) is 7.87. The van der Waals surface area contributed by atoms with E-state index in [-0.39, 0.29) is 5.91 Å². The summed E-state index contributed by atoms with van der Waals surface area (Å²) in [5.74, 6) is 1.07. The van der Waals surface area contributed by atoms with E-state index >= 15 is 0 Å². The molecule has 0 unspecified atom stereocenters. The minimum Gasteiger partial charge on any atom is -0.493 e. The van der Waals surface area contributed by atoms with Gasteiger partial charge >= 0.3 is 0 Å². The van der Waals surface area contributed by atoms with Crippen molar-refractivity contribution in [3.63, 3.8) is 0 Å². The summed E-state index contributed by atoms with van der Waals surface area (Å²) < 4.78 is 10.5. The van der Waals surface area contributed by atoms with E-state index in [0.29, 0.717) is 23.7 Å². The summed E-state index contributed by atoms with van der Waals surface area (Å²) in [7, 11) is 3.17. The van der Waals surface area contributed by atoms with Gasteiger partial charge in [-0.25, -0.2) is 0 Å². The van der Waals surface area contributed by atoms with Gasteiger partial charge in [-0.1, -0.05) is 13.0 Å². The van der Waals surface area contributed by atoms with Crippen LogP contribution in [0.3, 0.4) is 0 Å². The summed E-state index contributed by atoms with van der Waals surface area (Å²) in [6.07, 6.45) is 2.65. The zero-order chi connectivity index (χ0) is 17.4. The van der Waals surface area contributed by atoms with E-state index in [1.165, 1.54) is 0 Å². The highest BCUT2D eigenvalue weighted by Gasteiger charge is 2.09. The van der Waals surface area contributed by atoms with E-state index in [2.05, 4.69) is 22.5 Å². The predicted octanol–water partition coefficient (Wildman–Crippen LogP) is 2.85. The largest absolute Gasteiger partial charge is 0.493 e. The fourth-order valence-corrected chi connectivity index (χ4v) is 2.20. The van der Waals surface area contributed by atoms with Crippen LogP contribution in [0.1, 0.15) is 29.4 Å². The smallest absolute Gasteiger partial charge is 0.270 e. The van der Waals surface area contributed by atoms with Crippen LogP contribution < -0.4 is 20.1 Å². The molecule has 1 amide bonds. The number of anilines is 1.